The van der Waals surface area contributed by atoms with Gasteiger partial charge in [-0.05, 0) is 39.0 Å². The molecule has 0 bridgehead atoms. The van der Waals surface area contributed by atoms with Crippen molar-refractivity contribution in [3.63, 3.8) is 0 Å². The van der Waals surface area contributed by atoms with E-state index in [1.165, 1.54) is 6.07 Å². The minimum atomic E-state index is -0.434. The third kappa shape index (κ3) is 3.55. The first-order valence-electron chi connectivity index (χ1n) is 5.29. The molecule has 0 N–H and O–H groups in total. The van der Waals surface area contributed by atoms with E-state index in [0.29, 0.717) is 17.7 Å². The molecule has 0 atom stereocenters. The Morgan fingerprint density at radius 3 is 2.74 bits per heavy atom. The molecule has 0 radical (unpaired) electrons. The van der Waals surface area contributed by atoms with Crippen LogP contribution in [0.1, 0.15) is 10.4 Å². The van der Waals surface area contributed by atoms with Gasteiger partial charge in [0, 0.05) is 15.9 Å². The van der Waals surface area contributed by atoms with Crippen molar-refractivity contribution in [3.8, 4) is 5.75 Å². The average molecular weight is 407 g/mol. The van der Waals surface area contributed by atoms with Crippen LogP contribution in [0, 0.1) is 10.1 Å². The summed E-state index contributed by atoms with van der Waals surface area (Å²) in [6.45, 7) is 0.310. The van der Waals surface area contributed by atoms with Gasteiger partial charge in [0.2, 0.25) is 0 Å². The number of benzene rings is 1. The van der Waals surface area contributed by atoms with Crippen LogP contribution in [0.15, 0.2) is 34.1 Å². The third-order valence-corrected chi connectivity index (χ3v) is 4.97. The lowest BCUT2D eigenvalue weighted by Gasteiger charge is -2.07. The number of ether oxygens (including phenoxy) is 1. The van der Waals surface area contributed by atoms with Crippen molar-refractivity contribution in [2.45, 2.75) is 11.9 Å². The molecular formula is C12H9Br2NO3S. The highest BCUT2D eigenvalue weighted by Crippen LogP contribution is 2.31. The van der Waals surface area contributed by atoms with Gasteiger partial charge < -0.3 is 4.74 Å². The molecule has 0 fully saturated rings. The van der Waals surface area contributed by atoms with Crippen LogP contribution in [0.3, 0.4) is 0 Å². The van der Waals surface area contributed by atoms with Crippen LogP contribution in [-0.2, 0) is 11.9 Å². The standard InChI is InChI=1S/C12H9Br2NO3S/c13-6-8-1-2-10(15(16)17)11(5-8)18-7-12-9(14)3-4-19-12/h1-5H,6-7H2. The van der Waals surface area contributed by atoms with Gasteiger partial charge in [0.05, 0.1) is 9.80 Å². The number of halogens is 2. The van der Waals surface area contributed by atoms with Gasteiger partial charge in [-0.2, -0.15) is 0 Å². The topological polar surface area (TPSA) is 52.4 Å². The fourth-order valence-electron chi connectivity index (χ4n) is 1.48. The molecule has 0 aliphatic heterocycles. The van der Waals surface area contributed by atoms with Crippen molar-refractivity contribution in [1.29, 1.82) is 0 Å². The van der Waals surface area contributed by atoms with E-state index >= 15 is 0 Å². The van der Waals surface area contributed by atoms with Crippen LogP contribution in [-0.4, -0.2) is 4.92 Å². The van der Waals surface area contributed by atoms with E-state index in [9.17, 15) is 10.1 Å². The van der Waals surface area contributed by atoms with Gasteiger partial charge in [0.15, 0.2) is 5.75 Å². The highest BCUT2D eigenvalue weighted by atomic mass is 79.9. The summed E-state index contributed by atoms with van der Waals surface area (Å²) in [4.78, 5) is 11.5. The van der Waals surface area contributed by atoms with Crippen LogP contribution >= 0.6 is 43.2 Å². The second kappa shape index (κ2) is 6.49. The highest BCUT2D eigenvalue weighted by Gasteiger charge is 2.16. The zero-order valence-electron chi connectivity index (χ0n) is 9.64. The van der Waals surface area contributed by atoms with Gasteiger partial charge in [-0.3, -0.25) is 10.1 Å². The first kappa shape index (κ1) is 14.5. The Morgan fingerprint density at radius 2 is 2.16 bits per heavy atom. The molecule has 7 heteroatoms. The van der Waals surface area contributed by atoms with Gasteiger partial charge in [-0.1, -0.05) is 22.0 Å². The van der Waals surface area contributed by atoms with Gasteiger partial charge in [-0.15, -0.1) is 11.3 Å². The number of hydrogen-bond acceptors (Lipinski definition) is 4. The number of nitrogens with zero attached hydrogens (tertiary/aromatic N) is 1. The van der Waals surface area contributed by atoms with Crippen molar-refractivity contribution >= 4 is 48.9 Å². The summed E-state index contributed by atoms with van der Waals surface area (Å²) in [6, 6.07) is 6.79. The average Bonchev–Trinajstić information content (AvgIpc) is 2.81. The van der Waals surface area contributed by atoms with E-state index < -0.39 is 4.92 Å². The Hall–Kier alpha value is -0.920. The molecule has 0 aliphatic carbocycles. The minimum Gasteiger partial charge on any atom is -0.481 e. The molecule has 1 aromatic carbocycles. The van der Waals surface area contributed by atoms with E-state index in [4.69, 9.17) is 4.74 Å². The van der Waals surface area contributed by atoms with Crippen molar-refractivity contribution in [1.82, 2.24) is 0 Å². The SMILES string of the molecule is O=[N+]([O-])c1ccc(CBr)cc1OCc1sccc1Br. The molecule has 0 unspecified atom stereocenters. The fraction of sp³-hybridized carbons (Fsp3) is 0.167. The fourth-order valence-corrected chi connectivity index (χ4v) is 3.21. The monoisotopic (exact) mass is 405 g/mol. The molecule has 0 saturated heterocycles. The first-order valence-corrected chi connectivity index (χ1v) is 8.09. The molecule has 0 aliphatic rings. The van der Waals surface area contributed by atoms with E-state index in [2.05, 4.69) is 31.9 Å². The molecule has 2 rings (SSSR count). The zero-order chi connectivity index (χ0) is 13.8. The molecule has 0 spiro atoms. The Morgan fingerprint density at radius 1 is 1.37 bits per heavy atom. The second-order valence-electron chi connectivity index (χ2n) is 3.67. The third-order valence-electron chi connectivity index (χ3n) is 2.43. The summed E-state index contributed by atoms with van der Waals surface area (Å²) in [5, 5.41) is 13.5. The highest BCUT2D eigenvalue weighted by molar-refractivity contribution is 9.10. The second-order valence-corrected chi connectivity index (χ2v) is 6.09. The van der Waals surface area contributed by atoms with Crippen molar-refractivity contribution in [3.05, 3.63) is 54.7 Å². The summed E-state index contributed by atoms with van der Waals surface area (Å²) in [6.07, 6.45) is 0. The maximum Gasteiger partial charge on any atom is 0.310 e. The van der Waals surface area contributed by atoms with Gasteiger partial charge >= 0.3 is 5.69 Å². The molecular weight excluding hydrogens is 398 g/mol. The molecule has 1 heterocycles. The van der Waals surface area contributed by atoms with Crippen LogP contribution in [0.5, 0.6) is 5.75 Å². The predicted octanol–water partition coefficient (Wildman–Crippen LogP) is 4.89. The quantitative estimate of drug-likeness (QED) is 0.403. The maximum absolute atomic E-state index is 11.0. The van der Waals surface area contributed by atoms with Crippen LogP contribution in [0.4, 0.5) is 5.69 Å². The Kier molecular flexibility index (Phi) is 4.95. The number of alkyl halides is 1. The van der Waals surface area contributed by atoms with Crippen molar-refractivity contribution in [2.75, 3.05) is 0 Å². The zero-order valence-corrected chi connectivity index (χ0v) is 13.6. The van der Waals surface area contributed by atoms with E-state index in [0.717, 1.165) is 14.9 Å². The molecule has 0 amide bonds. The number of thiophene rings is 1. The summed E-state index contributed by atoms with van der Waals surface area (Å²) in [5.41, 5.74) is 0.920. The first-order chi connectivity index (χ1) is 9.11. The van der Waals surface area contributed by atoms with Gasteiger partial charge in [-0.25, -0.2) is 0 Å². The summed E-state index contributed by atoms with van der Waals surface area (Å²) >= 11 is 8.27. The predicted molar refractivity (Wildman–Crippen MR) is 82.1 cm³/mol. The Bertz CT molecular complexity index is 600. The lowest BCUT2D eigenvalue weighted by molar-refractivity contribution is -0.386. The number of hydrogen-bond donors (Lipinski definition) is 0. The molecule has 4 nitrogen and oxygen atoms in total. The smallest absolute Gasteiger partial charge is 0.310 e. The largest absolute Gasteiger partial charge is 0.481 e. The van der Waals surface area contributed by atoms with Crippen LogP contribution < -0.4 is 4.74 Å². The minimum absolute atomic E-state index is 0.0163. The molecule has 1 aromatic heterocycles. The lowest BCUT2D eigenvalue weighted by atomic mass is 10.2. The van der Waals surface area contributed by atoms with Crippen LogP contribution in [0.25, 0.3) is 0 Å². The number of nitro groups is 1. The Labute approximate surface area is 130 Å². The summed E-state index contributed by atoms with van der Waals surface area (Å²) in [7, 11) is 0. The number of rotatable bonds is 5. The van der Waals surface area contributed by atoms with Crippen molar-refractivity contribution < 1.29 is 9.66 Å². The molecule has 19 heavy (non-hydrogen) atoms. The number of nitro benzene ring substituents is 1. The van der Waals surface area contributed by atoms with E-state index in [1.807, 2.05) is 11.4 Å². The normalized spacial score (nSPS) is 10.4. The molecule has 100 valence electrons. The lowest BCUT2D eigenvalue weighted by Crippen LogP contribution is -1.99. The van der Waals surface area contributed by atoms with Gasteiger partial charge in [0.25, 0.3) is 0 Å². The summed E-state index contributed by atoms with van der Waals surface area (Å²) in [5.74, 6) is 0.294. The Balaban J connectivity index is 2.22. The maximum atomic E-state index is 11.0. The molecule has 2 aromatic rings. The van der Waals surface area contributed by atoms with E-state index in [1.54, 1.807) is 23.5 Å². The summed E-state index contributed by atoms with van der Waals surface area (Å²) < 4.78 is 6.54. The van der Waals surface area contributed by atoms with Crippen molar-refractivity contribution in [2.24, 2.45) is 0 Å². The van der Waals surface area contributed by atoms with E-state index in [-0.39, 0.29) is 5.69 Å². The van der Waals surface area contributed by atoms with Crippen LogP contribution in [0.2, 0.25) is 0 Å². The van der Waals surface area contributed by atoms with Gasteiger partial charge in [0.1, 0.15) is 6.61 Å². The molecule has 0 saturated carbocycles.